The van der Waals surface area contributed by atoms with Crippen LogP contribution in [0.15, 0.2) is 36.5 Å². The number of aromatic nitrogens is 1. The van der Waals surface area contributed by atoms with E-state index in [9.17, 15) is 4.79 Å². The van der Waals surface area contributed by atoms with E-state index in [1.165, 1.54) is 0 Å². The number of nitrogens with two attached hydrogens (primary N) is 1. The van der Waals surface area contributed by atoms with Crippen molar-refractivity contribution in [1.29, 1.82) is 0 Å². The van der Waals surface area contributed by atoms with Crippen molar-refractivity contribution in [3.05, 3.63) is 42.2 Å². The molecule has 4 nitrogen and oxygen atoms in total. The van der Waals surface area contributed by atoms with Crippen LogP contribution in [0.2, 0.25) is 0 Å². The van der Waals surface area contributed by atoms with Gasteiger partial charge in [-0.25, -0.2) is 0 Å². The molecule has 0 aliphatic carbocycles. The number of benzene rings is 1. The van der Waals surface area contributed by atoms with E-state index in [1.54, 1.807) is 18.0 Å². The number of hydrogen-bond donors (Lipinski definition) is 1. The van der Waals surface area contributed by atoms with Gasteiger partial charge in [0.1, 0.15) is 0 Å². The number of carbonyl (C=O) groups excluding carboxylic acids is 1. The second kappa shape index (κ2) is 6.01. The zero-order valence-corrected chi connectivity index (χ0v) is 12.2. The minimum Gasteiger partial charge on any atom is -0.333 e. The van der Waals surface area contributed by atoms with E-state index >= 15 is 0 Å². The molecule has 4 heteroatoms. The van der Waals surface area contributed by atoms with Crippen LogP contribution in [-0.4, -0.2) is 27.9 Å². The van der Waals surface area contributed by atoms with Gasteiger partial charge >= 0.3 is 0 Å². The van der Waals surface area contributed by atoms with Crippen molar-refractivity contribution < 1.29 is 4.79 Å². The highest BCUT2D eigenvalue weighted by Gasteiger charge is 2.21. The fourth-order valence-electron chi connectivity index (χ4n) is 2.25. The van der Waals surface area contributed by atoms with Crippen molar-refractivity contribution in [2.45, 2.75) is 39.4 Å². The number of amides is 1. The van der Waals surface area contributed by atoms with Crippen molar-refractivity contribution in [2.75, 3.05) is 0 Å². The molecule has 0 spiro atoms. The Morgan fingerprint density at radius 1 is 1.25 bits per heavy atom. The smallest absolute Gasteiger partial charge is 0.239 e. The molecule has 0 aliphatic heterocycles. The summed E-state index contributed by atoms with van der Waals surface area (Å²) in [4.78, 5) is 18.4. The van der Waals surface area contributed by atoms with Gasteiger partial charge in [-0.1, -0.05) is 24.3 Å². The van der Waals surface area contributed by atoms with Gasteiger partial charge in [0.2, 0.25) is 5.91 Å². The molecule has 0 saturated carbocycles. The summed E-state index contributed by atoms with van der Waals surface area (Å²) < 4.78 is 0. The van der Waals surface area contributed by atoms with Gasteiger partial charge in [0.25, 0.3) is 0 Å². The van der Waals surface area contributed by atoms with Gasteiger partial charge in [-0.05, 0) is 32.2 Å². The standard InChI is InChI=1S/C16H21N3O/c1-11(2)19(16(20)12(3)17)10-15-14-7-5-4-6-13(14)8-9-18-15/h4-9,11-12H,10,17H2,1-3H3/t12-/m0/s1. The van der Waals surface area contributed by atoms with Crippen molar-refractivity contribution in [1.82, 2.24) is 9.88 Å². The van der Waals surface area contributed by atoms with Gasteiger partial charge in [0.05, 0.1) is 18.3 Å². The van der Waals surface area contributed by atoms with Crippen LogP contribution in [0, 0.1) is 0 Å². The summed E-state index contributed by atoms with van der Waals surface area (Å²) in [7, 11) is 0. The van der Waals surface area contributed by atoms with E-state index in [0.717, 1.165) is 16.5 Å². The summed E-state index contributed by atoms with van der Waals surface area (Å²) in [5.41, 5.74) is 6.64. The topological polar surface area (TPSA) is 59.2 Å². The fraction of sp³-hybridized carbons (Fsp3) is 0.375. The first kappa shape index (κ1) is 14.5. The minimum atomic E-state index is -0.493. The second-order valence-electron chi connectivity index (χ2n) is 5.33. The van der Waals surface area contributed by atoms with Crippen molar-refractivity contribution in [3.8, 4) is 0 Å². The van der Waals surface area contributed by atoms with Crippen LogP contribution in [0.25, 0.3) is 10.8 Å². The summed E-state index contributed by atoms with van der Waals surface area (Å²) in [5.74, 6) is -0.0465. The van der Waals surface area contributed by atoms with Crippen LogP contribution >= 0.6 is 0 Å². The predicted molar refractivity (Wildman–Crippen MR) is 81.1 cm³/mol. The van der Waals surface area contributed by atoms with Crippen LogP contribution in [0.3, 0.4) is 0 Å². The average Bonchev–Trinajstić information content (AvgIpc) is 2.43. The Morgan fingerprint density at radius 3 is 2.60 bits per heavy atom. The van der Waals surface area contributed by atoms with Gasteiger partial charge < -0.3 is 10.6 Å². The van der Waals surface area contributed by atoms with Crippen molar-refractivity contribution >= 4 is 16.7 Å². The first-order valence-electron chi connectivity index (χ1n) is 6.89. The van der Waals surface area contributed by atoms with Crippen molar-refractivity contribution in [2.24, 2.45) is 5.73 Å². The Balaban J connectivity index is 2.36. The highest BCUT2D eigenvalue weighted by molar-refractivity contribution is 5.85. The maximum atomic E-state index is 12.2. The van der Waals surface area contributed by atoms with Gasteiger partial charge in [0.15, 0.2) is 0 Å². The molecule has 1 atom stereocenters. The zero-order chi connectivity index (χ0) is 14.7. The molecule has 106 valence electrons. The van der Waals surface area contributed by atoms with E-state index in [0.29, 0.717) is 6.54 Å². The molecule has 1 aromatic heterocycles. The maximum Gasteiger partial charge on any atom is 0.239 e. The molecule has 2 aromatic rings. The first-order chi connectivity index (χ1) is 9.50. The molecule has 2 rings (SSSR count). The van der Waals surface area contributed by atoms with E-state index < -0.39 is 6.04 Å². The molecule has 2 N–H and O–H groups in total. The lowest BCUT2D eigenvalue weighted by Crippen LogP contribution is -2.45. The largest absolute Gasteiger partial charge is 0.333 e. The Morgan fingerprint density at radius 2 is 1.95 bits per heavy atom. The lowest BCUT2D eigenvalue weighted by Gasteiger charge is -2.28. The van der Waals surface area contributed by atoms with E-state index in [1.807, 2.05) is 44.2 Å². The Labute approximate surface area is 119 Å². The van der Waals surface area contributed by atoms with Crippen LogP contribution in [0.4, 0.5) is 0 Å². The number of rotatable bonds is 4. The van der Waals surface area contributed by atoms with Crippen LogP contribution < -0.4 is 5.73 Å². The normalized spacial score (nSPS) is 12.7. The predicted octanol–water partition coefficient (Wildman–Crippen LogP) is 2.32. The first-order valence-corrected chi connectivity index (χ1v) is 6.89. The summed E-state index contributed by atoms with van der Waals surface area (Å²) in [6.07, 6.45) is 1.78. The SMILES string of the molecule is CC(C)N(Cc1nccc2ccccc12)C(=O)[C@H](C)N. The second-order valence-corrected chi connectivity index (χ2v) is 5.33. The molecule has 0 saturated heterocycles. The molecular weight excluding hydrogens is 250 g/mol. The zero-order valence-electron chi connectivity index (χ0n) is 12.2. The summed E-state index contributed by atoms with van der Waals surface area (Å²) in [6, 6.07) is 9.65. The van der Waals surface area contributed by atoms with Gasteiger partial charge in [-0.2, -0.15) is 0 Å². The Kier molecular flexibility index (Phi) is 4.35. The lowest BCUT2D eigenvalue weighted by molar-refractivity contribution is -0.134. The molecule has 1 heterocycles. The number of hydrogen-bond acceptors (Lipinski definition) is 3. The molecule has 0 aliphatic rings. The molecule has 0 bridgehead atoms. The third-order valence-corrected chi connectivity index (χ3v) is 3.37. The molecule has 1 aromatic carbocycles. The number of nitrogens with zero attached hydrogens (tertiary/aromatic N) is 2. The molecule has 0 unspecified atom stereocenters. The summed E-state index contributed by atoms with van der Waals surface area (Å²) in [5, 5.41) is 2.22. The lowest BCUT2D eigenvalue weighted by atomic mass is 10.1. The highest BCUT2D eigenvalue weighted by Crippen LogP contribution is 2.19. The molecule has 1 amide bonds. The highest BCUT2D eigenvalue weighted by atomic mass is 16.2. The van der Waals surface area contributed by atoms with Gasteiger partial charge in [0, 0.05) is 17.6 Å². The van der Waals surface area contributed by atoms with Crippen LogP contribution in [-0.2, 0) is 11.3 Å². The number of carbonyl (C=O) groups is 1. The molecule has 20 heavy (non-hydrogen) atoms. The molecular formula is C16H21N3O. The maximum absolute atomic E-state index is 12.2. The van der Waals surface area contributed by atoms with Crippen molar-refractivity contribution in [3.63, 3.8) is 0 Å². The minimum absolute atomic E-state index is 0.0465. The van der Waals surface area contributed by atoms with Crippen LogP contribution in [0.1, 0.15) is 26.5 Å². The molecule has 0 fully saturated rings. The summed E-state index contributed by atoms with van der Waals surface area (Å²) >= 11 is 0. The third-order valence-electron chi connectivity index (χ3n) is 3.37. The summed E-state index contributed by atoms with van der Waals surface area (Å²) in [6.45, 7) is 6.18. The number of fused-ring (bicyclic) bond motifs is 1. The molecule has 0 radical (unpaired) electrons. The third kappa shape index (κ3) is 2.96. The van der Waals surface area contributed by atoms with Gasteiger partial charge in [-0.3, -0.25) is 9.78 Å². The van der Waals surface area contributed by atoms with E-state index in [-0.39, 0.29) is 11.9 Å². The van der Waals surface area contributed by atoms with Gasteiger partial charge in [-0.15, -0.1) is 0 Å². The van der Waals surface area contributed by atoms with Crippen LogP contribution in [0.5, 0.6) is 0 Å². The Bertz CT molecular complexity index is 602. The number of pyridine rings is 1. The quantitative estimate of drug-likeness (QED) is 0.928. The monoisotopic (exact) mass is 271 g/mol. The fourth-order valence-corrected chi connectivity index (χ4v) is 2.25. The average molecular weight is 271 g/mol. The van der Waals surface area contributed by atoms with E-state index in [2.05, 4.69) is 4.98 Å². The Hall–Kier alpha value is -1.94. The van der Waals surface area contributed by atoms with E-state index in [4.69, 9.17) is 5.73 Å².